The molecule has 0 spiro atoms. The van der Waals surface area contributed by atoms with Gasteiger partial charge in [0.1, 0.15) is 0 Å². The minimum absolute atomic E-state index is 0.0312. The Labute approximate surface area is 132 Å². The van der Waals surface area contributed by atoms with E-state index in [0.29, 0.717) is 30.4 Å². The summed E-state index contributed by atoms with van der Waals surface area (Å²) in [4.78, 5) is 5.70. The minimum Gasteiger partial charge on any atom is -0.785 e. The molecule has 3 aliphatic carbocycles. The van der Waals surface area contributed by atoms with Crippen LogP contribution in [-0.4, -0.2) is 49.2 Å². The van der Waals surface area contributed by atoms with Crippen LogP contribution in [0, 0.1) is 28.2 Å². The lowest BCUT2D eigenvalue weighted by atomic mass is 9.85. The molecule has 0 aromatic rings. The summed E-state index contributed by atoms with van der Waals surface area (Å²) in [6, 6.07) is -0.0520. The zero-order valence-corrected chi connectivity index (χ0v) is 13.6. The Morgan fingerprint density at radius 1 is 1.00 bits per heavy atom. The number of hydroxylamine groups is 4. The number of fused-ring (bicyclic) bond motifs is 2. The van der Waals surface area contributed by atoms with Crippen molar-refractivity contribution < 1.29 is 9.57 Å². The van der Waals surface area contributed by atoms with Gasteiger partial charge in [0.05, 0.1) is 12.2 Å². The molecule has 0 amide bonds. The highest BCUT2D eigenvalue weighted by atomic mass is 16.9. The highest BCUT2D eigenvalue weighted by Crippen LogP contribution is 2.50. The summed E-state index contributed by atoms with van der Waals surface area (Å²) < 4.78 is 5.35. The Kier molecular flexibility index (Phi) is 5.37. The van der Waals surface area contributed by atoms with Gasteiger partial charge in [-0.1, -0.05) is 0 Å². The van der Waals surface area contributed by atoms with E-state index in [-0.39, 0.29) is 12.1 Å². The molecule has 0 radical (unpaired) electrons. The standard InChI is InChI=1S/C16H28N2O4/c1-17(19)10-12-7-11-8-15(12)16(9-11)18(20)22-14-5-3-13(21-2)4-6-14/h11-16H,3-10H2,1-2H3/q-2. The summed E-state index contributed by atoms with van der Waals surface area (Å²) >= 11 is 0. The van der Waals surface area contributed by atoms with Crippen LogP contribution in [0.3, 0.4) is 0 Å². The van der Waals surface area contributed by atoms with E-state index in [1.807, 2.05) is 0 Å². The highest BCUT2D eigenvalue weighted by molar-refractivity contribution is 4.99. The lowest BCUT2D eigenvalue weighted by Crippen LogP contribution is -2.43. The van der Waals surface area contributed by atoms with Crippen molar-refractivity contribution in [2.24, 2.45) is 17.8 Å². The Hall–Kier alpha value is -0.240. The number of hydrogen-bond acceptors (Lipinski definition) is 6. The molecule has 3 fully saturated rings. The zero-order chi connectivity index (χ0) is 15.7. The Balaban J connectivity index is 1.49. The Morgan fingerprint density at radius 2 is 1.68 bits per heavy atom. The number of nitrogens with zero attached hydrogens (tertiary/aromatic N) is 2. The maximum atomic E-state index is 12.5. The third-order valence-electron chi connectivity index (χ3n) is 5.89. The van der Waals surface area contributed by atoms with Crippen LogP contribution in [-0.2, 0) is 9.57 Å². The third kappa shape index (κ3) is 3.63. The molecule has 4 unspecified atom stereocenters. The minimum atomic E-state index is -0.0520. The monoisotopic (exact) mass is 312 g/mol. The van der Waals surface area contributed by atoms with Crippen molar-refractivity contribution in [3.63, 3.8) is 0 Å². The quantitative estimate of drug-likeness (QED) is 0.702. The van der Waals surface area contributed by atoms with E-state index in [1.54, 1.807) is 14.2 Å². The van der Waals surface area contributed by atoms with Gasteiger partial charge in [-0.3, -0.25) is 5.23 Å². The summed E-state index contributed by atoms with van der Waals surface area (Å²) in [6.45, 7) is 0.546. The van der Waals surface area contributed by atoms with Crippen LogP contribution in [0.1, 0.15) is 44.9 Å². The molecule has 0 heterocycles. The first kappa shape index (κ1) is 16.6. The van der Waals surface area contributed by atoms with Crippen molar-refractivity contribution >= 4 is 0 Å². The van der Waals surface area contributed by atoms with E-state index in [0.717, 1.165) is 55.2 Å². The van der Waals surface area contributed by atoms with Crippen LogP contribution in [0.2, 0.25) is 0 Å². The van der Waals surface area contributed by atoms with Gasteiger partial charge in [-0.15, -0.1) is 0 Å². The SMILES string of the molecule is COC1CCC(ON([O-])C2CC3CC(CN(C)[O-])C2C3)CC1. The first-order valence-electron chi connectivity index (χ1n) is 8.61. The second-order valence-corrected chi connectivity index (χ2v) is 7.40. The number of methoxy groups -OCH3 is 1. The van der Waals surface area contributed by atoms with E-state index in [4.69, 9.17) is 9.57 Å². The molecule has 3 aliphatic rings. The predicted molar refractivity (Wildman–Crippen MR) is 83.5 cm³/mol. The molecule has 3 rings (SSSR count). The second-order valence-electron chi connectivity index (χ2n) is 7.40. The molecule has 0 saturated heterocycles. The summed E-state index contributed by atoms with van der Waals surface area (Å²) in [5.41, 5.74) is 0. The van der Waals surface area contributed by atoms with E-state index >= 15 is 0 Å². The largest absolute Gasteiger partial charge is 0.785 e. The summed E-state index contributed by atoms with van der Waals surface area (Å²) in [5.74, 6) is 1.29. The molecule has 0 aromatic heterocycles. The fraction of sp³-hybridized carbons (Fsp3) is 1.00. The molecular formula is C16H28N2O4-2. The highest BCUT2D eigenvalue weighted by Gasteiger charge is 2.47. The zero-order valence-electron chi connectivity index (χ0n) is 13.6. The average Bonchev–Trinajstić information content (AvgIpc) is 3.07. The molecule has 0 aliphatic heterocycles. The number of rotatable bonds is 6. The average molecular weight is 312 g/mol. The smallest absolute Gasteiger partial charge is 0.0783 e. The van der Waals surface area contributed by atoms with Gasteiger partial charge >= 0.3 is 0 Å². The van der Waals surface area contributed by atoms with Crippen LogP contribution in [0.5, 0.6) is 0 Å². The lowest BCUT2D eigenvalue weighted by molar-refractivity contribution is -0.210. The molecule has 22 heavy (non-hydrogen) atoms. The van der Waals surface area contributed by atoms with Crippen LogP contribution in [0.4, 0.5) is 0 Å². The molecule has 0 aromatic carbocycles. The second kappa shape index (κ2) is 7.11. The maximum absolute atomic E-state index is 12.5. The normalized spacial score (nSPS) is 41.7. The first-order valence-corrected chi connectivity index (χ1v) is 8.61. The number of hydrogen-bond donors (Lipinski definition) is 0. The third-order valence-corrected chi connectivity index (χ3v) is 5.89. The maximum Gasteiger partial charge on any atom is 0.0783 e. The summed E-state index contributed by atoms with van der Waals surface area (Å²) in [6.07, 6.45) is 7.19. The van der Waals surface area contributed by atoms with Crippen molar-refractivity contribution in [1.29, 1.82) is 0 Å². The molecular weight excluding hydrogens is 284 g/mol. The van der Waals surface area contributed by atoms with Gasteiger partial charge in [0, 0.05) is 13.2 Å². The Bertz CT molecular complexity index is 360. The van der Waals surface area contributed by atoms with E-state index in [1.165, 1.54) is 0 Å². The van der Waals surface area contributed by atoms with Gasteiger partial charge in [0.2, 0.25) is 0 Å². The molecule has 6 heteroatoms. The first-order chi connectivity index (χ1) is 10.6. The predicted octanol–water partition coefficient (Wildman–Crippen LogP) is 2.52. The van der Waals surface area contributed by atoms with Crippen LogP contribution < -0.4 is 0 Å². The molecule has 2 bridgehead atoms. The fourth-order valence-corrected chi connectivity index (χ4v) is 4.84. The van der Waals surface area contributed by atoms with Gasteiger partial charge in [-0.25, -0.2) is 0 Å². The van der Waals surface area contributed by atoms with Gasteiger partial charge in [0.25, 0.3) is 0 Å². The van der Waals surface area contributed by atoms with Gasteiger partial charge in [-0.2, -0.15) is 0 Å². The van der Waals surface area contributed by atoms with Crippen LogP contribution in [0.15, 0.2) is 0 Å². The molecule has 128 valence electrons. The van der Waals surface area contributed by atoms with Crippen molar-refractivity contribution in [2.75, 3.05) is 20.7 Å². The van der Waals surface area contributed by atoms with E-state index < -0.39 is 0 Å². The van der Waals surface area contributed by atoms with E-state index in [9.17, 15) is 10.4 Å². The van der Waals surface area contributed by atoms with Gasteiger partial charge in [0.15, 0.2) is 0 Å². The van der Waals surface area contributed by atoms with Gasteiger partial charge < -0.3 is 25.1 Å². The van der Waals surface area contributed by atoms with Gasteiger partial charge in [-0.05, 0) is 76.3 Å². The number of ether oxygens (including phenoxy) is 1. The molecule has 0 N–H and O–H groups in total. The summed E-state index contributed by atoms with van der Waals surface area (Å²) in [5, 5.41) is 25.7. The van der Waals surface area contributed by atoms with Crippen LogP contribution in [0.25, 0.3) is 0 Å². The fourth-order valence-electron chi connectivity index (χ4n) is 4.84. The van der Waals surface area contributed by atoms with Crippen LogP contribution >= 0.6 is 0 Å². The van der Waals surface area contributed by atoms with Crippen molar-refractivity contribution in [1.82, 2.24) is 10.3 Å². The summed E-state index contributed by atoms with van der Waals surface area (Å²) in [7, 11) is 3.31. The van der Waals surface area contributed by atoms with Crippen molar-refractivity contribution in [3.05, 3.63) is 10.4 Å². The molecule has 4 atom stereocenters. The van der Waals surface area contributed by atoms with Crippen molar-refractivity contribution in [3.8, 4) is 0 Å². The molecule has 6 nitrogen and oxygen atoms in total. The van der Waals surface area contributed by atoms with Crippen molar-refractivity contribution in [2.45, 2.75) is 63.2 Å². The molecule has 3 saturated carbocycles. The topological polar surface area (TPSA) is 71.1 Å². The van der Waals surface area contributed by atoms with E-state index in [2.05, 4.69) is 0 Å². The lowest BCUT2D eigenvalue weighted by Gasteiger charge is -2.44. The Morgan fingerprint density at radius 3 is 2.27 bits per heavy atom.